The van der Waals surface area contributed by atoms with Crippen molar-refractivity contribution in [1.29, 1.82) is 0 Å². The lowest BCUT2D eigenvalue weighted by Crippen LogP contribution is -2.45. The average Bonchev–Trinajstić information content (AvgIpc) is 2.54. The van der Waals surface area contributed by atoms with Crippen LogP contribution in [0.15, 0.2) is 30.3 Å². The first-order valence-corrected chi connectivity index (χ1v) is 8.72. The van der Waals surface area contributed by atoms with E-state index in [9.17, 15) is 4.79 Å². The van der Waals surface area contributed by atoms with E-state index in [4.69, 9.17) is 10.5 Å². The molecule has 5 heteroatoms. The van der Waals surface area contributed by atoms with Gasteiger partial charge in [0, 0.05) is 30.6 Å². The van der Waals surface area contributed by atoms with E-state index in [-0.39, 0.29) is 6.09 Å². The third-order valence-corrected chi connectivity index (χ3v) is 4.78. The topological polar surface area (TPSA) is 55.6 Å². The Morgan fingerprint density at radius 2 is 2.14 bits per heavy atom. The first-order chi connectivity index (χ1) is 10.3. The number of nitrogens with zero attached hydrogens (tertiary/aromatic N) is 1. The molecule has 1 heterocycles. The highest BCUT2D eigenvalue weighted by Gasteiger charge is 2.27. The predicted octanol–water partition coefficient (Wildman–Crippen LogP) is 2.87. The summed E-state index contributed by atoms with van der Waals surface area (Å²) in [5.74, 6) is 1.90. The molecule has 0 bridgehead atoms. The van der Waals surface area contributed by atoms with E-state index in [1.165, 1.54) is 6.42 Å². The van der Waals surface area contributed by atoms with Crippen molar-refractivity contribution in [3.63, 3.8) is 0 Å². The number of nitrogens with two attached hydrogens (primary N) is 1. The SMILES string of the molecule is NCCSC[C@H]1CCCCN1C(=O)OCc1ccccc1. The van der Waals surface area contributed by atoms with Crippen molar-refractivity contribution < 1.29 is 9.53 Å². The number of benzene rings is 1. The molecular formula is C16H24N2O2S. The monoisotopic (exact) mass is 308 g/mol. The van der Waals surface area contributed by atoms with Crippen molar-refractivity contribution in [3.8, 4) is 0 Å². The number of carbonyl (C=O) groups excluding carboxylic acids is 1. The van der Waals surface area contributed by atoms with Crippen molar-refractivity contribution in [2.75, 3.05) is 24.6 Å². The first kappa shape index (κ1) is 16.2. The average molecular weight is 308 g/mol. The maximum absolute atomic E-state index is 12.3. The van der Waals surface area contributed by atoms with Crippen LogP contribution in [0.25, 0.3) is 0 Å². The van der Waals surface area contributed by atoms with Crippen LogP contribution in [0.3, 0.4) is 0 Å². The third-order valence-electron chi connectivity index (χ3n) is 3.64. The summed E-state index contributed by atoms with van der Waals surface area (Å²) in [6.07, 6.45) is 3.14. The van der Waals surface area contributed by atoms with E-state index in [1.807, 2.05) is 47.0 Å². The molecule has 0 aliphatic carbocycles. The minimum Gasteiger partial charge on any atom is -0.445 e. The Balaban J connectivity index is 1.83. The summed E-state index contributed by atoms with van der Waals surface area (Å²) in [6.45, 7) is 1.84. The van der Waals surface area contributed by atoms with Gasteiger partial charge in [-0.1, -0.05) is 30.3 Å². The minimum atomic E-state index is -0.183. The largest absolute Gasteiger partial charge is 0.445 e. The maximum atomic E-state index is 12.3. The molecule has 0 aromatic heterocycles. The molecule has 2 rings (SSSR count). The van der Waals surface area contributed by atoms with Gasteiger partial charge in [0.2, 0.25) is 0 Å². The highest BCUT2D eigenvalue weighted by molar-refractivity contribution is 7.99. The fraction of sp³-hybridized carbons (Fsp3) is 0.562. The summed E-state index contributed by atoms with van der Waals surface area (Å²) >= 11 is 1.82. The Bertz CT molecular complexity index is 428. The van der Waals surface area contributed by atoms with Crippen LogP contribution < -0.4 is 5.73 Å². The van der Waals surface area contributed by atoms with Crippen LogP contribution in [0.2, 0.25) is 0 Å². The molecule has 1 fully saturated rings. The Hall–Kier alpha value is -1.20. The van der Waals surface area contributed by atoms with Gasteiger partial charge >= 0.3 is 6.09 Å². The van der Waals surface area contributed by atoms with E-state index < -0.39 is 0 Å². The second-order valence-electron chi connectivity index (χ2n) is 5.25. The Kier molecular flexibility index (Phi) is 6.89. The number of hydrogen-bond acceptors (Lipinski definition) is 4. The molecule has 0 spiro atoms. The number of thioether (sulfide) groups is 1. The number of amides is 1. The molecule has 1 aromatic carbocycles. The summed E-state index contributed by atoms with van der Waals surface area (Å²) < 4.78 is 5.46. The summed E-state index contributed by atoms with van der Waals surface area (Å²) in [7, 11) is 0. The van der Waals surface area contributed by atoms with Gasteiger partial charge in [-0.25, -0.2) is 4.79 Å². The summed E-state index contributed by atoms with van der Waals surface area (Å²) in [5, 5.41) is 0. The quantitative estimate of drug-likeness (QED) is 0.821. The number of piperidine rings is 1. The van der Waals surface area contributed by atoms with Gasteiger partial charge in [-0.05, 0) is 24.8 Å². The van der Waals surface area contributed by atoms with Crippen molar-refractivity contribution in [3.05, 3.63) is 35.9 Å². The van der Waals surface area contributed by atoms with Crippen LogP contribution >= 0.6 is 11.8 Å². The zero-order valence-corrected chi connectivity index (χ0v) is 13.2. The van der Waals surface area contributed by atoms with E-state index in [2.05, 4.69) is 0 Å². The fourth-order valence-corrected chi connectivity index (χ4v) is 3.47. The van der Waals surface area contributed by atoms with Crippen molar-refractivity contribution in [2.45, 2.75) is 31.9 Å². The summed E-state index contributed by atoms with van der Waals surface area (Å²) in [5.41, 5.74) is 6.55. The van der Waals surface area contributed by atoms with Crippen molar-refractivity contribution >= 4 is 17.9 Å². The van der Waals surface area contributed by atoms with Crippen molar-refractivity contribution in [1.82, 2.24) is 4.90 Å². The molecule has 2 N–H and O–H groups in total. The Morgan fingerprint density at radius 1 is 1.33 bits per heavy atom. The summed E-state index contributed by atoms with van der Waals surface area (Å²) in [4.78, 5) is 14.2. The van der Waals surface area contributed by atoms with Crippen LogP contribution in [-0.4, -0.2) is 41.6 Å². The number of ether oxygens (including phenoxy) is 1. The molecule has 116 valence electrons. The molecule has 1 aliphatic heterocycles. The molecule has 1 aromatic rings. The molecular weight excluding hydrogens is 284 g/mol. The zero-order valence-electron chi connectivity index (χ0n) is 12.4. The lowest BCUT2D eigenvalue weighted by molar-refractivity contribution is 0.0731. The number of hydrogen-bond donors (Lipinski definition) is 1. The molecule has 1 saturated heterocycles. The lowest BCUT2D eigenvalue weighted by Gasteiger charge is -2.34. The van der Waals surface area contributed by atoms with Gasteiger partial charge in [-0.15, -0.1) is 0 Å². The minimum absolute atomic E-state index is 0.183. The molecule has 0 unspecified atom stereocenters. The van der Waals surface area contributed by atoms with Crippen LogP contribution in [-0.2, 0) is 11.3 Å². The van der Waals surface area contributed by atoms with Crippen LogP contribution in [0.5, 0.6) is 0 Å². The number of likely N-dealkylation sites (tertiary alicyclic amines) is 1. The highest BCUT2D eigenvalue weighted by atomic mass is 32.2. The number of rotatable bonds is 6. The van der Waals surface area contributed by atoms with Gasteiger partial charge < -0.3 is 15.4 Å². The summed E-state index contributed by atoms with van der Waals surface area (Å²) in [6, 6.07) is 10.1. The molecule has 0 saturated carbocycles. The zero-order chi connectivity index (χ0) is 14.9. The van der Waals surface area contributed by atoms with Crippen molar-refractivity contribution in [2.24, 2.45) is 5.73 Å². The van der Waals surface area contributed by atoms with Crippen LogP contribution in [0, 0.1) is 0 Å². The standard InChI is InChI=1S/C16H24N2O2S/c17-9-11-21-13-15-8-4-5-10-18(15)16(19)20-12-14-6-2-1-3-7-14/h1-3,6-7,15H,4-5,8-13,17H2/t15-/m1/s1. The fourth-order valence-electron chi connectivity index (χ4n) is 2.52. The number of carbonyl (C=O) groups is 1. The predicted molar refractivity (Wildman–Crippen MR) is 87.4 cm³/mol. The molecule has 4 nitrogen and oxygen atoms in total. The Labute approximate surface area is 131 Å². The van der Waals surface area contributed by atoms with Crippen LogP contribution in [0.4, 0.5) is 4.79 Å². The van der Waals surface area contributed by atoms with Gasteiger partial charge in [-0.3, -0.25) is 0 Å². The molecule has 21 heavy (non-hydrogen) atoms. The van der Waals surface area contributed by atoms with Gasteiger partial charge in [0.1, 0.15) is 6.61 Å². The maximum Gasteiger partial charge on any atom is 0.410 e. The van der Waals surface area contributed by atoms with E-state index in [0.29, 0.717) is 19.2 Å². The second-order valence-corrected chi connectivity index (χ2v) is 6.40. The highest BCUT2D eigenvalue weighted by Crippen LogP contribution is 2.21. The molecule has 0 radical (unpaired) electrons. The molecule has 1 atom stereocenters. The molecule has 1 aliphatic rings. The first-order valence-electron chi connectivity index (χ1n) is 7.56. The molecule has 1 amide bonds. The van der Waals surface area contributed by atoms with E-state index in [0.717, 1.165) is 36.5 Å². The Morgan fingerprint density at radius 3 is 2.90 bits per heavy atom. The van der Waals surface area contributed by atoms with Crippen LogP contribution in [0.1, 0.15) is 24.8 Å². The van der Waals surface area contributed by atoms with Gasteiger partial charge in [0.05, 0.1) is 0 Å². The van der Waals surface area contributed by atoms with E-state index >= 15 is 0 Å². The lowest BCUT2D eigenvalue weighted by atomic mass is 10.0. The van der Waals surface area contributed by atoms with Gasteiger partial charge in [-0.2, -0.15) is 11.8 Å². The normalized spacial score (nSPS) is 18.5. The third kappa shape index (κ3) is 5.25. The smallest absolute Gasteiger partial charge is 0.410 e. The van der Waals surface area contributed by atoms with Gasteiger partial charge in [0.15, 0.2) is 0 Å². The second kappa shape index (κ2) is 8.95. The van der Waals surface area contributed by atoms with Gasteiger partial charge in [0.25, 0.3) is 0 Å². The van der Waals surface area contributed by atoms with E-state index in [1.54, 1.807) is 0 Å².